The van der Waals surface area contributed by atoms with E-state index in [1.165, 1.54) is 36.4 Å². The number of anilines is 5. The van der Waals surface area contributed by atoms with Crippen LogP contribution in [0.1, 0.15) is 0 Å². The first kappa shape index (κ1) is 16.9. The van der Waals surface area contributed by atoms with Crippen LogP contribution in [0.4, 0.5) is 28.4 Å². The van der Waals surface area contributed by atoms with E-state index in [9.17, 15) is 25.5 Å². The van der Waals surface area contributed by atoms with E-state index in [-0.39, 0.29) is 51.5 Å². The van der Waals surface area contributed by atoms with Crippen molar-refractivity contribution < 1.29 is 25.5 Å². The number of rotatable bonds is 4. The van der Waals surface area contributed by atoms with Gasteiger partial charge in [-0.15, -0.1) is 0 Å². The molecule has 0 aliphatic heterocycles. The summed E-state index contributed by atoms with van der Waals surface area (Å²) in [6.07, 6.45) is 0. The maximum absolute atomic E-state index is 10.5. The first-order valence-electron chi connectivity index (χ1n) is 7.54. The molecule has 26 heavy (non-hydrogen) atoms. The van der Waals surface area contributed by atoms with Gasteiger partial charge in [-0.25, -0.2) is 0 Å². The van der Waals surface area contributed by atoms with Gasteiger partial charge in [0.05, 0.1) is 22.7 Å². The Morgan fingerprint density at radius 1 is 0.577 bits per heavy atom. The number of hydrogen-bond donors (Lipinski definition) is 8. The summed E-state index contributed by atoms with van der Waals surface area (Å²) in [5.74, 6) is -0.834. The number of phenolic OH excluding ortho intramolecular Hbond substituents is 5. The fourth-order valence-electron chi connectivity index (χ4n) is 2.39. The highest BCUT2D eigenvalue weighted by Gasteiger charge is 2.13. The highest BCUT2D eigenvalue weighted by molar-refractivity contribution is 5.83. The number of nitrogens with two attached hydrogens (primary N) is 1. The molecule has 134 valence electrons. The summed E-state index contributed by atoms with van der Waals surface area (Å²) in [7, 11) is 0. The maximum Gasteiger partial charge on any atom is 0.162 e. The third-order valence-corrected chi connectivity index (χ3v) is 3.63. The lowest BCUT2D eigenvalue weighted by atomic mass is 10.2. The van der Waals surface area contributed by atoms with Crippen molar-refractivity contribution in [1.29, 1.82) is 0 Å². The molecule has 0 fully saturated rings. The van der Waals surface area contributed by atoms with E-state index in [4.69, 9.17) is 5.73 Å². The minimum Gasteiger partial charge on any atom is -0.508 e. The van der Waals surface area contributed by atoms with Gasteiger partial charge in [-0.2, -0.15) is 0 Å². The molecule has 0 atom stereocenters. The second kappa shape index (κ2) is 6.52. The maximum atomic E-state index is 10.5. The zero-order valence-corrected chi connectivity index (χ0v) is 13.4. The van der Waals surface area contributed by atoms with Gasteiger partial charge in [-0.05, 0) is 36.4 Å². The van der Waals surface area contributed by atoms with Gasteiger partial charge < -0.3 is 41.9 Å². The Bertz CT molecular complexity index is 901. The summed E-state index contributed by atoms with van der Waals surface area (Å²) >= 11 is 0. The summed E-state index contributed by atoms with van der Waals surface area (Å²) in [6, 6.07) is 10.8. The second-order valence-corrected chi connectivity index (χ2v) is 5.62. The van der Waals surface area contributed by atoms with Gasteiger partial charge in [-0.1, -0.05) is 0 Å². The Hall–Kier alpha value is -3.94. The van der Waals surface area contributed by atoms with Gasteiger partial charge >= 0.3 is 0 Å². The van der Waals surface area contributed by atoms with Crippen LogP contribution in [0.5, 0.6) is 28.7 Å². The average molecular weight is 355 g/mol. The zero-order valence-electron chi connectivity index (χ0n) is 13.4. The smallest absolute Gasteiger partial charge is 0.162 e. The summed E-state index contributed by atoms with van der Waals surface area (Å²) in [5.41, 5.74) is 7.08. The third-order valence-electron chi connectivity index (χ3n) is 3.63. The summed E-state index contributed by atoms with van der Waals surface area (Å²) in [5, 5.41) is 54.6. The van der Waals surface area contributed by atoms with Crippen molar-refractivity contribution >= 4 is 28.4 Å². The fraction of sp³-hybridized carbons (Fsp3) is 0. The molecule has 0 saturated heterocycles. The highest BCUT2D eigenvalue weighted by Crippen LogP contribution is 2.41. The standard InChI is InChI=1S/C18H17N3O5/c19-9-5-14(20-12-3-1-10(22)7-16(12)24)18(26)15(6-9)21-13-4-2-11(23)8-17(13)25/h1-8,20-26H,19H2. The third kappa shape index (κ3) is 3.44. The molecule has 0 saturated carbocycles. The Morgan fingerprint density at radius 2 is 1.00 bits per heavy atom. The lowest BCUT2D eigenvalue weighted by Crippen LogP contribution is -1.98. The van der Waals surface area contributed by atoms with Crippen LogP contribution in [-0.4, -0.2) is 25.5 Å². The number of hydrogen-bond acceptors (Lipinski definition) is 8. The predicted octanol–water partition coefficient (Wildman–Crippen LogP) is 3.28. The van der Waals surface area contributed by atoms with Crippen LogP contribution in [0.15, 0.2) is 48.5 Å². The molecular weight excluding hydrogens is 338 g/mol. The normalized spacial score (nSPS) is 10.5. The molecule has 3 aromatic rings. The number of nitrogen functional groups attached to an aromatic ring is 1. The van der Waals surface area contributed by atoms with Gasteiger partial charge in [0.15, 0.2) is 5.75 Å². The van der Waals surface area contributed by atoms with Crippen molar-refractivity contribution in [3.63, 3.8) is 0 Å². The molecule has 8 nitrogen and oxygen atoms in total. The van der Waals surface area contributed by atoms with Crippen LogP contribution in [0, 0.1) is 0 Å². The Kier molecular flexibility index (Phi) is 4.24. The van der Waals surface area contributed by atoms with Gasteiger partial charge in [0.2, 0.25) is 0 Å². The van der Waals surface area contributed by atoms with Crippen molar-refractivity contribution in [2.24, 2.45) is 0 Å². The number of nitrogens with one attached hydrogen (secondary N) is 2. The molecule has 3 aromatic carbocycles. The van der Waals surface area contributed by atoms with E-state index in [1.807, 2.05) is 0 Å². The van der Waals surface area contributed by atoms with Crippen LogP contribution in [-0.2, 0) is 0 Å². The largest absolute Gasteiger partial charge is 0.508 e. The number of phenols is 5. The summed E-state index contributed by atoms with van der Waals surface area (Å²) < 4.78 is 0. The monoisotopic (exact) mass is 355 g/mol. The Morgan fingerprint density at radius 3 is 1.38 bits per heavy atom. The minimum absolute atomic E-state index is 0.102. The molecule has 0 aromatic heterocycles. The molecule has 0 unspecified atom stereocenters. The molecule has 0 aliphatic carbocycles. The molecule has 0 aliphatic rings. The first-order chi connectivity index (χ1) is 12.3. The second-order valence-electron chi connectivity index (χ2n) is 5.62. The molecule has 8 heteroatoms. The lowest BCUT2D eigenvalue weighted by molar-refractivity contribution is 0.451. The predicted molar refractivity (Wildman–Crippen MR) is 98.6 cm³/mol. The number of aromatic hydroxyl groups is 5. The topological polar surface area (TPSA) is 151 Å². The quantitative estimate of drug-likeness (QED) is 0.202. The molecule has 0 spiro atoms. The summed E-state index contributed by atoms with van der Waals surface area (Å²) in [4.78, 5) is 0. The van der Waals surface area contributed by atoms with Gasteiger partial charge in [0.1, 0.15) is 23.0 Å². The van der Waals surface area contributed by atoms with E-state index >= 15 is 0 Å². The van der Waals surface area contributed by atoms with Gasteiger partial charge in [0.25, 0.3) is 0 Å². The first-order valence-corrected chi connectivity index (χ1v) is 7.54. The van der Waals surface area contributed by atoms with Crippen molar-refractivity contribution in [2.45, 2.75) is 0 Å². The average Bonchev–Trinajstić information content (AvgIpc) is 2.56. The zero-order chi connectivity index (χ0) is 18.8. The van der Waals surface area contributed by atoms with E-state index in [0.29, 0.717) is 5.69 Å². The van der Waals surface area contributed by atoms with E-state index in [2.05, 4.69) is 10.6 Å². The van der Waals surface area contributed by atoms with Crippen LogP contribution in [0.25, 0.3) is 0 Å². The molecule has 0 amide bonds. The van der Waals surface area contributed by atoms with Crippen LogP contribution in [0.2, 0.25) is 0 Å². The van der Waals surface area contributed by atoms with Crippen LogP contribution in [0.3, 0.4) is 0 Å². The van der Waals surface area contributed by atoms with Crippen LogP contribution >= 0.6 is 0 Å². The molecule has 0 radical (unpaired) electrons. The van der Waals surface area contributed by atoms with E-state index in [0.717, 1.165) is 12.1 Å². The molecule has 9 N–H and O–H groups in total. The van der Waals surface area contributed by atoms with Crippen molar-refractivity contribution in [1.82, 2.24) is 0 Å². The SMILES string of the molecule is Nc1cc(Nc2ccc(O)cc2O)c(O)c(Nc2ccc(O)cc2O)c1. The fourth-order valence-corrected chi connectivity index (χ4v) is 2.39. The van der Waals surface area contributed by atoms with Crippen molar-refractivity contribution in [3.8, 4) is 28.7 Å². The van der Waals surface area contributed by atoms with E-state index < -0.39 is 0 Å². The molecular formula is C18H17N3O5. The highest BCUT2D eigenvalue weighted by atomic mass is 16.3. The minimum atomic E-state index is -0.211. The Balaban J connectivity index is 1.95. The lowest BCUT2D eigenvalue weighted by Gasteiger charge is -2.16. The molecule has 3 rings (SSSR count). The number of benzene rings is 3. The summed E-state index contributed by atoms with van der Waals surface area (Å²) in [6.45, 7) is 0. The molecule has 0 bridgehead atoms. The molecule has 0 heterocycles. The van der Waals surface area contributed by atoms with Gasteiger partial charge in [-0.3, -0.25) is 0 Å². The van der Waals surface area contributed by atoms with Crippen LogP contribution < -0.4 is 16.4 Å². The van der Waals surface area contributed by atoms with Crippen molar-refractivity contribution in [3.05, 3.63) is 48.5 Å². The van der Waals surface area contributed by atoms with Gasteiger partial charge in [0, 0.05) is 17.8 Å². The van der Waals surface area contributed by atoms with Crippen molar-refractivity contribution in [2.75, 3.05) is 16.4 Å². The Labute approximate surface area is 148 Å². The van der Waals surface area contributed by atoms with E-state index in [1.54, 1.807) is 0 Å².